The molecule has 2 heterocycles. The summed E-state index contributed by atoms with van der Waals surface area (Å²) in [5, 5.41) is 0.421. The molecule has 1 aliphatic heterocycles. The van der Waals surface area contributed by atoms with Crippen molar-refractivity contribution in [1.29, 1.82) is 0 Å². The van der Waals surface area contributed by atoms with Crippen molar-refractivity contribution in [3.8, 4) is 0 Å². The van der Waals surface area contributed by atoms with E-state index >= 15 is 0 Å². The Morgan fingerprint density at radius 2 is 2.00 bits per heavy atom. The van der Waals surface area contributed by atoms with Crippen molar-refractivity contribution >= 4 is 29.1 Å². The molecule has 0 N–H and O–H groups in total. The minimum absolute atomic E-state index is 0.138. The number of aromatic nitrogens is 1. The van der Waals surface area contributed by atoms with E-state index in [1.165, 1.54) is 15.9 Å². The van der Waals surface area contributed by atoms with Crippen LogP contribution < -0.4 is 4.90 Å². The van der Waals surface area contributed by atoms with Crippen molar-refractivity contribution in [1.82, 2.24) is 9.88 Å². The highest BCUT2D eigenvalue weighted by Gasteiger charge is 2.40. The first kappa shape index (κ1) is 22.1. The Bertz CT molecular complexity index is 932. The number of anilines is 1. The maximum Gasteiger partial charge on any atom is 0.433 e. The number of nitrogens with zero attached hydrogens (tertiary/aromatic N) is 3. The van der Waals surface area contributed by atoms with Gasteiger partial charge in [-0.3, -0.25) is 9.69 Å². The molecule has 0 unspecified atom stereocenters. The van der Waals surface area contributed by atoms with Gasteiger partial charge in [0.25, 0.3) is 0 Å². The Morgan fingerprint density at radius 3 is 2.57 bits per heavy atom. The molecule has 1 aliphatic rings. The first-order valence-electron chi connectivity index (χ1n) is 9.46. The van der Waals surface area contributed by atoms with Crippen LogP contribution in [-0.4, -0.2) is 40.8 Å². The first-order chi connectivity index (χ1) is 14.1. The molecular weight excluding hydrogens is 419 g/mol. The van der Waals surface area contributed by atoms with E-state index in [-0.39, 0.29) is 36.5 Å². The van der Waals surface area contributed by atoms with Gasteiger partial charge in [-0.2, -0.15) is 13.2 Å². The lowest BCUT2D eigenvalue weighted by atomic mass is 10.0. The van der Waals surface area contributed by atoms with E-state index in [0.717, 1.165) is 12.3 Å². The second kappa shape index (κ2) is 8.63. The van der Waals surface area contributed by atoms with Gasteiger partial charge in [-0.05, 0) is 36.6 Å². The maximum absolute atomic E-state index is 13.0. The van der Waals surface area contributed by atoms with Crippen LogP contribution in [0.5, 0.6) is 0 Å². The number of carbonyl (C=O) groups is 2. The molecule has 0 spiro atoms. The average Bonchev–Trinajstić information content (AvgIpc) is 2.96. The Labute approximate surface area is 177 Å². The summed E-state index contributed by atoms with van der Waals surface area (Å²) in [6, 6.07) is 7.87. The van der Waals surface area contributed by atoms with E-state index in [2.05, 4.69) is 4.98 Å². The number of benzene rings is 1. The lowest BCUT2D eigenvalue weighted by Gasteiger charge is -2.23. The molecule has 1 aromatic carbocycles. The number of amides is 2. The number of hydrogen-bond donors (Lipinski definition) is 0. The normalized spacial score (nSPS) is 17.2. The van der Waals surface area contributed by atoms with Gasteiger partial charge in [-0.25, -0.2) is 9.78 Å². The van der Waals surface area contributed by atoms with Gasteiger partial charge in [0, 0.05) is 17.1 Å². The van der Waals surface area contributed by atoms with Crippen LogP contribution in [0.15, 0.2) is 42.6 Å². The SMILES string of the molecule is CC(C)C[C@H]1CN(c2ccc(C(F)(F)F)nc2)C(=O)N1CC(=O)c1cccc(Cl)c1. The van der Waals surface area contributed by atoms with Crippen molar-refractivity contribution in [3.05, 3.63) is 58.9 Å². The molecule has 160 valence electrons. The number of halogens is 4. The molecule has 1 aromatic heterocycles. The highest BCUT2D eigenvalue weighted by molar-refractivity contribution is 6.31. The third-order valence-corrected chi connectivity index (χ3v) is 5.10. The number of ketones is 1. The number of urea groups is 1. The predicted molar refractivity (Wildman–Crippen MR) is 108 cm³/mol. The van der Waals surface area contributed by atoms with Crippen LogP contribution in [0.2, 0.25) is 5.02 Å². The zero-order valence-electron chi connectivity index (χ0n) is 16.5. The van der Waals surface area contributed by atoms with E-state index in [0.29, 0.717) is 17.0 Å². The van der Waals surface area contributed by atoms with Gasteiger partial charge in [0.2, 0.25) is 0 Å². The zero-order valence-corrected chi connectivity index (χ0v) is 17.2. The Hall–Kier alpha value is -2.61. The molecule has 0 radical (unpaired) electrons. The smallest absolute Gasteiger partial charge is 0.312 e. The number of Topliss-reactive ketones (excluding diaryl/α,β-unsaturated/α-hetero) is 1. The highest BCUT2D eigenvalue weighted by atomic mass is 35.5. The molecule has 0 aliphatic carbocycles. The fourth-order valence-electron chi connectivity index (χ4n) is 3.48. The lowest BCUT2D eigenvalue weighted by molar-refractivity contribution is -0.141. The van der Waals surface area contributed by atoms with E-state index in [1.54, 1.807) is 24.3 Å². The molecule has 5 nitrogen and oxygen atoms in total. The summed E-state index contributed by atoms with van der Waals surface area (Å²) in [5.74, 6) is 0.00394. The van der Waals surface area contributed by atoms with Gasteiger partial charge >= 0.3 is 12.2 Å². The van der Waals surface area contributed by atoms with Gasteiger partial charge in [-0.15, -0.1) is 0 Å². The fraction of sp³-hybridized carbons (Fsp3) is 0.381. The fourth-order valence-corrected chi connectivity index (χ4v) is 3.67. The summed E-state index contributed by atoms with van der Waals surface area (Å²) in [6.07, 6.45) is -2.86. The van der Waals surface area contributed by atoms with Crippen LogP contribution in [0.1, 0.15) is 36.3 Å². The highest BCUT2D eigenvalue weighted by Crippen LogP contribution is 2.31. The van der Waals surface area contributed by atoms with Crippen molar-refractivity contribution in [2.45, 2.75) is 32.5 Å². The number of hydrogen-bond acceptors (Lipinski definition) is 3. The third-order valence-electron chi connectivity index (χ3n) is 4.86. The van der Waals surface area contributed by atoms with E-state index in [9.17, 15) is 22.8 Å². The van der Waals surface area contributed by atoms with Crippen molar-refractivity contribution in [3.63, 3.8) is 0 Å². The summed E-state index contributed by atoms with van der Waals surface area (Å²) in [6.45, 7) is 4.14. The number of pyridine rings is 1. The van der Waals surface area contributed by atoms with Gasteiger partial charge < -0.3 is 4.90 Å². The molecular formula is C21H21ClF3N3O2. The zero-order chi connectivity index (χ0) is 22.1. The van der Waals surface area contributed by atoms with Crippen LogP contribution in [0.4, 0.5) is 23.7 Å². The number of alkyl halides is 3. The number of carbonyl (C=O) groups excluding carboxylic acids is 2. The number of rotatable bonds is 6. The Kier molecular flexibility index (Phi) is 6.36. The molecule has 0 saturated carbocycles. The maximum atomic E-state index is 13.0. The van der Waals surface area contributed by atoms with Crippen LogP contribution in [-0.2, 0) is 6.18 Å². The molecule has 9 heteroatoms. The Morgan fingerprint density at radius 1 is 1.27 bits per heavy atom. The van der Waals surface area contributed by atoms with E-state index in [4.69, 9.17) is 11.6 Å². The second-order valence-electron chi connectivity index (χ2n) is 7.64. The minimum Gasteiger partial charge on any atom is -0.312 e. The van der Waals surface area contributed by atoms with Crippen molar-refractivity contribution in [2.24, 2.45) is 5.92 Å². The van der Waals surface area contributed by atoms with Gasteiger partial charge in [0.1, 0.15) is 5.69 Å². The Balaban J connectivity index is 1.83. The van der Waals surface area contributed by atoms with Crippen LogP contribution in [0, 0.1) is 5.92 Å². The van der Waals surface area contributed by atoms with Gasteiger partial charge in [0.05, 0.1) is 24.5 Å². The van der Waals surface area contributed by atoms with Gasteiger partial charge in [-0.1, -0.05) is 37.6 Å². The van der Waals surface area contributed by atoms with Crippen LogP contribution in [0.3, 0.4) is 0 Å². The molecule has 3 rings (SSSR count). The third kappa shape index (κ3) is 4.92. The van der Waals surface area contributed by atoms with E-state index < -0.39 is 17.9 Å². The molecule has 0 bridgehead atoms. The van der Waals surface area contributed by atoms with Crippen LogP contribution >= 0.6 is 11.6 Å². The van der Waals surface area contributed by atoms with Crippen LogP contribution in [0.25, 0.3) is 0 Å². The molecule has 30 heavy (non-hydrogen) atoms. The molecule has 1 atom stereocenters. The van der Waals surface area contributed by atoms with Gasteiger partial charge in [0.15, 0.2) is 5.78 Å². The van der Waals surface area contributed by atoms with Crippen molar-refractivity contribution < 1.29 is 22.8 Å². The van der Waals surface area contributed by atoms with E-state index in [1.807, 2.05) is 13.8 Å². The summed E-state index contributed by atoms with van der Waals surface area (Å²) in [4.78, 5) is 32.0. The summed E-state index contributed by atoms with van der Waals surface area (Å²) < 4.78 is 38.3. The average molecular weight is 440 g/mol. The molecule has 1 fully saturated rings. The summed E-state index contributed by atoms with van der Waals surface area (Å²) >= 11 is 5.95. The monoisotopic (exact) mass is 439 g/mol. The lowest BCUT2D eigenvalue weighted by Crippen LogP contribution is -2.39. The second-order valence-corrected chi connectivity index (χ2v) is 8.07. The summed E-state index contributed by atoms with van der Waals surface area (Å²) in [5.41, 5.74) is -0.364. The standard InChI is InChI=1S/C21H21ClF3N3O2/c1-13(2)8-17-11-27(16-6-7-19(26-10-16)21(23,24)25)20(30)28(17)12-18(29)14-4-3-5-15(22)9-14/h3-7,9-10,13,17H,8,11-12H2,1-2H3/t17-/m0/s1. The largest absolute Gasteiger partial charge is 0.433 e. The quantitative estimate of drug-likeness (QED) is 0.574. The minimum atomic E-state index is -4.55. The molecule has 2 aromatic rings. The molecule has 1 saturated heterocycles. The predicted octanol–water partition coefficient (Wildman–Crippen LogP) is 5.29. The first-order valence-corrected chi connectivity index (χ1v) is 9.84. The molecule has 2 amide bonds. The summed E-state index contributed by atoms with van der Waals surface area (Å²) in [7, 11) is 0. The van der Waals surface area contributed by atoms with Crippen molar-refractivity contribution in [2.75, 3.05) is 18.0 Å². The topological polar surface area (TPSA) is 53.5 Å².